The van der Waals surface area contributed by atoms with Gasteiger partial charge in [-0.2, -0.15) is 4.31 Å². The van der Waals surface area contributed by atoms with E-state index in [0.717, 1.165) is 22.6 Å². The number of benzene rings is 2. The minimum atomic E-state index is -3.85. The fourth-order valence-electron chi connectivity index (χ4n) is 4.11. The Morgan fingerprint density at radius 2 is 1.65 bits per heavy atom. The molecule has 8 nitrogen and oxygen atoms in total. The first kappa shape index (κ1) is 22.6. The summed E-state index contributed by atoms with van der Waals surface area (Å²) in [6.45, 7) is -0.659. The number of hydrogen-bond acceptors (Lipinski definition) is 7. The number of pyridine rings is 1. The molecule has 2 heterocycles. The predicted molar refractivity (Wildman–Crippen MR) is 144 cm³/mol. The van der Waals surface area contributed by atoms with Crippen molar-refractivity contribution in [1.29, 1.82) is 0 Å². The van der Waals surface area contributed by atoms with Gasteiger partial charge in [-0.15, -0.1) is 5.92 Å². The van der Waals surface area contributed by atoms with Crippen LogP contribution in [0.5, 0.6) is 11.5 Å². The minimum absolute atomic E-state index is 0.0498. The number of methoxy groups -OCH3 is 2. The zero-order valence-corrected chi connectivity index (χ0v) is 21.7. The van der Waals surface area contributed by atoms with Crippen molar-refractivity contribution in [3.63, 3.8) is 0 Å². The topological polar surface area (TPSA) is 84.0 Å². The van der Waals surface area contributed by atoms with Crippen molar-refractivity contribution in [1.82, 2.24) is 14.6 Å². The van der Waals surface area contributed by atoms with Crippen LogP contribution in [0.25, 0.3) is 0 Å². The van der Waals surface area contributed by atoms with Crippen molar-refractivity contribution in [2.45, 2.75) is 30.9 Å². The average molecular weight is 524 g/mol. The predicted octanol–water partition coefficient (Wildman–Crippen LogP) is 3.29. The Kier molecular flexibility index (Phi) is 7.40. The first-order valence-electron chi connectivity index (χ1n) is 13.3. The maximum atomic E-state index is 13.4. The van der Waals surface area contributed by atoms with Crippen LogP contribution < -0.4 is 19.7 Å². The van der Waals surface area contributed by atoms with E-state index in [0.29, 0.717) is 25.5 Å². The van der Waals surface area contributed by atoms with Gasteiger partial charge < -0.3 is 19.7 Å². The lowest BCUT2D eigenvalue weighted by molar-refractivity contribution is 0.331. The third-order valence-corrected chi connectivity index (χ3v) is 7.98. The molecule has 4 rings (SSSR count). The molecule has 1 atom stereocenters. The summed E-state index contributed by atoms with van der Waals surface area (Å²) in [5.41, 5.74) is 2.08. The van der Waals surface area contributed by atoms with E-state index in [2.05, 4.69) is 27.0 Å². The van der Waals surface area contributed by atoms with Crippen molar-refractivity contribution in [2.24, 2.45) is 0 Å². The van der Waals surface area contributed by atoms with E-state index >= 15 is 0 Å². The molecule has 2 aromatic carbocycles. The molecule has 194 valence electrons. The number of aromatic nitrogens is 1. The first-order chi connectivity index (χ1) is 19.1. The molecule has 9 heteroatoms. The number of sulfonamides is 1. The SMILES string of the molecule is [2H]C([2H])([2H])C#CC1CN(S(=O)(=O)c2ccc(N(Cc3ccc(OC)cc3)Cc3ccc(OC)cc3)nc2)CCN1. The highest BCUT2D eigenvalue weighted by atomic mass is 32.2. The van der Waals surface area contributed by atoms with Crippen LogP contribution in [-0.2, 0) is 23.1 Å². The highest BCUT2D eigenvalue weighted by molar-refractivity contribution is 7.89. The van der Waals surface area contributed by atoms with Crippen molar-refractivity contribution in [3.05, 3.63) is 78.0 Å². The smallest absolute Gasteiger partial charge is 0.244 e. The lowest BCUT2D eigenvalue weighted by atomic mass is 10.1. The third kappa shape index (κ3) is 6.60. The van der Waals surface area contributed by atoms with Gasteiger partial charge in [0, 0.05) is 43.0 Å². The number of anilines is 1. The molecular weight excluding hydrogens is 488 g/mol. The molecular formula is C28H32N4O4S. The molecule has 0 saturated carbocycles. The monoisotopic (exact) mass is 523 g/mol. The Bertz CT molecular complexity index is 1390. The largest absolute Gasteiger partial charge is 0.497 e. The van der Waals surface area contributed by atoms with Crippen molar-refractivity contribution in [2.75, 3.05) is 38.8 Å². The van der Waals surface area contributed by atoms with Crippen LogP contribution in [0.1, 0.15) is 22.1 Å². The Labute approximate surface area is 223 Å². The summed E-state index contributed by atoms with van der Waals surface area (Å²) < 4.78 is 60.4. The molecule has 1 fully saturated rings. The molecule has 1 aromatic heterocycles. The van der Waals surface area contributed by atoms with E-state index in [1.165, 1.54) is 10.5 Å². The van der Waals surface area contributed by atoms with Gasteiger partial charge in [-0.05, 0) is 54.4 Å². The van der Waals surface area contributed by atoms with Crippen molar-refractivity contribution < 1.29 is 22.0 Å². The lowest BCUT2D eigenvalue weighted by Gasteiger charge is -2.30. The summed E-state index contributed by atoms with van der Waals surface area (Å²) in [5, 5.41) is 3.06. The van der Waals surface area contributed by atoms with Crippen LogP contribution in [0.4, 0.5) is 5.82 Å². The molecule has 1 aliphatic rings. The molecule has 37 heavy (non-hydrogen) atoms. The zero-order valence-electron chi connectivity index (χ0n) is 23.8. The van der Waals surface area contributed by atoms with Gasteiger partial charge in [-0.3, -0.25) is 0 Å². The van der Waals surface area contributed by atoms with Gasteiger partial charge in [0.1, 0.15) is 22.2 Å². The molecule has 0 amide bonds. The molecule has 1 saturated heterocycles. The van der Waals surface area contributed by atoms with Crippen LogP contribution in [0, 0.1) is 11.8 Å². The van der Waals surface area contributed by atoms with Crippen LogP contribution in [0.15, 0.2) is 71.8 Å². The van der Waals surface area contributed by atoms with Crippen molar-refractivity contribution in [3.8, 4) is 23.3 Å². The summed E-state index contributed by atoms with van der Waals surface area (Å²) >= 11 is 0. The Balaban J connectivity index is 1.55. The van der Waals surface area contributed by atoms with Gasteiger partial charge >= 0.3 is 0 Å². The second kappa shape index (κ2) is 12.1. The fraction of sp³-hybridized carbons (Fsp3) is 0.321. The summed E-state index contributed by atoms with van der Waals surface area (Å²) in [6.07, 6.45) is 1.37. The van der Waals surface area contributed by atoms with E-state index in [-0.39, 0.29) is 18.0 Å². The van der Waals surface area contributed by atoms with E-state index < -0.39 is 22.9 Å². The van der Waals surface area contributed by atoms with Gasteiger partial charge in [0.25, 0.3) is 0 Å². The van der Waals surface area contributed by atoms with Gasteiger partial charge in [0.2, 0.25) is 10.0 Å². The van der Waals surface area contributed by atoms with E-state index in [9.17, 15) is 8.42 Å². The summed E-state index contributed by atoms with van der Waals surface area (Å²) in [4.78, 5) is 6.67. The quantitative estimate of drug-likeness (QED) is 0.431. The van der Waals surface area contributed by atoms with Crippen LogP contribution in [0.3, 0.4) is 0 Å². The van der Waals surface area contributed by atoms with Crippen LogP contribution >= 0.6 is 0 Å². The molecule has 1 N–H and O–H groups in total. The standard InChI is InChI=1S/C28H32N4O4S/c1-4-5-24-21-32(17-16-29-24)37(33,34)27-14-15-28(30-18-27)31(19-22-6-10-25(35-2)11-7-22)20-23-8-12-26(36-3)13-9-23/h6-15,18,24,29H,16-17,19-21H2,1-3H3/i1D3. The molecule has 0 bridgehead atoms. The summed E-state index contributed by atoms with van der Waals surface area (Å²) in [6, 6.07) is 18.2. The van der Waals surface area contributed by atoms with E-state index in [1.807, 2.05) is 48.5 Å². The van der Waals surface area contributed by atoms with Crippen LogP contribution in [0.2, 0.25) is 0 Å². The fourth-order valence-corrected chi connectivity index (χ4v) is 5.51. The van der Waals surface area contributed by atoms with Gasteiger partial charge in [-0.1, -0.05) is 30.2 Å². The number of hydrogen-bond donors (Lipinski definition) is 1. The third-order valence-electron chi connectivity index (χ3n) is 6.13. The van der Waals surface area contributed by atoms with Crippen LogP contribution in [-0.4, -0.2) is 57.6 Å². The lowest BCUT2D eigenvalue weighted by Crippen LogP contribution is -2.51. The second-order valence-electron chi connectivity index (χ2n) is 8.54. The average Bonchev–Trinajstić information content (AvgIpc) is 2.96. The number of rotatable bonds is 9. The number of ether oxygens (including phenoxy) is 2. The Morgan fingerprint density at radius 3 is 2.16 bits per heavy atom. The first-order valence-corrected chi connectivity index (χ1v) is 13.2. The normalized spacial score (nSPS) is 17.5. The molecule has 1 unspecified atom stereocenters. The summed E-state index contributed by atoms with van der Waals surface area (Å²) in [7, 11) is -0.607. The maximum absolute atomic E-state index is 13.4. The minimum Gasteiger partial charge on any atom is -0.497 e. The Morgan fingerprint density at radius 1 is 1.03 bits per heavy atom. The maximum Gasteiger partial charge on any atom is 0.244 e. The molecule has 0 aliphatic carbocycles. The number of nitrogens with zero attached hydrogens (tertiary/aromatic N) is 3. The molecule has 1 aliphatic heterocycles. The second-order valence-corrected chi connectivity index (χ2v) is 10.5. The highest BCUT2D eigenvalue weighted by Gasteiger charge is 2.29. The Hall–Kier alpha value is -3.58. The van der Waals surface area contributed by atoms with Gasteiger partial charge in [0.15, 0.2) is 0 Å². The van der Waals surface area contributed by atoms with Gasteiger partial charge in [-0.25, -0.2) is 13.4 Å². The van der Waals surface area contributed by atoms with Crippen molar-refractivity contribution >= 4 is 15.8 Å². The highest BCUT2D eigenvalue weighted by Crippen LogP contribution is 2.24. The van der Waals surface area contributed by atoms with Gasteiger partial charge in [0.05, 0.1) is 20.3 Å². The zero-order chi connectivity index (χ0) is 28.8. The number of nitrogens with one attached hydrogen (secondary N) is 1. The number of piperazine rings is 1. The van der Waals surface area contributed by atoms with E-state index in [1.54, 1.807) is 26.4 Å². The molecule has 3 aromatic rings. The molecule has 0 spiro atoms. The van der Waals surface area contributed by atoms with E-state index in [4.69, 9.17) is 13.6 Å². The summed E-state index contributed by atoms with van der Waals surface area (Å²) in [5.74, 6) is 6.98. The molecule has 0 radical (unpaired) electrons.